The molecule has 0 radical (unpaired) electrons. The van der Waals surface area contributed by atoms with Crippen molar-refractivity contribution in [1.29, 1.82) is 0 Å². The molecule has 2 saturated heterocycles. The molecule has 1 aromatic carbocycles. The molecule has 0 aliphatic carbocycles. The number of carbonyl (C=O) groups is 2. The number of fused-ring (bicyclic) bond motifs is 2. The van der Waals surface area contributed by atoms with Crippen molar-refractivity contribution in [3.05, 3.63) is 36.1 Å². The van der Waals surface area contributed by atoms with Crippen LogP contribution in [0.25, 0.3) is 11.0 Å². The Hall–Kier alpha value is -2.30. The molecule has 2 aliphatic heterocycles. The summed E-state index contributed by atoms with van der Waals surface area (Å²) in [4.78, 5) is 29.2. The Labute approximate surface area is 147 Å². The van der Waals surface area contributed by atoms with E-state index in [1.54, 1.807) is 6.92 Å². The number of carbonyl (C=O) groups excluding carboxylic acids is 2. The van der Waals surface area contributed by atoms with Crippen molar-refractivity contribution in [2.24, 2.45) is 0 Å². The van der Waals surface area contributed by atoms with Gasteiger partial charge in [-0.2, -0.15) is 0 Å². The van der Waals surface area contributed by atoms with Crippen LogP contribution in [0.1, 0.15) is 50.1 Å². The normalized spacial score (nSPS) is 26.6. The Kier molecular flexibility index (Phi) is 3.82. The van der Waals surface area contributed by atoms with Gasteiger partial charge in [-0.05, 0) is 44.7 Å². The number of para-hydroxylation sites is 1. The lowest BCUT2D eigenvalue weighted by molar-refractivity contribution is -0.140. The predicted molar refractivity (Wildman–Crippen MR) is 95.3 cm³/mol. The van der Waals surface area contributed by atoms with E-state index in [2.05, 4.69) is 6.92 Å². The van der Waals surface area contributed by atoms with Crippen molar-refractivity contribution in [1.82, 2.24) is 9.80 Å². The summed E-state index contributed by atoms with van der Waals surface area (Å²) in [5, 5.41) is 0.943. The Balaban J connectivity index is 1.68. The number of furan rings is 1. The summed E-state index contributed by atoms with van der Waals surface area (Å²) in [7, 11) is 0. The summed E-state index contributed by atoms with van der Waals surface area (Å²) in [6.45, 7) is 5.27. The lowest BCUT2D eigenvalue weighted by atomic mass is 9.76. The fourth-order valence-electron chi connectivity index (χ4n) is 4.68. The van der Waals surface area contributed by atoms with Crippen molar-refractivity contribution in [2.75, 3.05) is 13.1 Å². The Morgan fingerprint density at radius 3 is 2.76 bits per heavy atom. The average Bonchev–Trinajstić information content (AvgIpc) is 3.03. The number of hydrogen-bond acceptors (Lipinski definition) is 3. The molecular formula is C20H24N2O3. The van der Waals surface area contributed by atoms with Crippen LogP contribution in [-0.2, 0) is 4.79 Å². The molecule has 0 unspecified atom stereocenters. The van der Waals surface area contributed by atoms with Crippen LogP contribution in [0.3, 0.4) is 0 Å². The van der Waals surface area contributed by atoms with Gasteiger partial charge < -0.3 is 14.2 Å². The van der Waals surface area contributed by atoms with Gasteiger partial charge in [0.25, 0.3) is 5.91 Å². The zero-order valence-electron chi connectivity index (χ0n) is 14.8. The van der Waals surface area contributed by atoms with Crippen LogP contribution < -0.4 is 0 Å². The van der Waals surface area contributed by atoms with Gasteiger partial charge in [0.15, 0.2) is 5.76 Å². The number of hydrogen-bond donors (Lipinski definition) is 0. The van der Waals surface area contributed by atoms with E-state index in [0.717, 1.165) is 43.2 Å². The highest BCUT2D eigenvalue weighted by Gasteiger charge is 2.50. The molecule has 0 saturated carbocycles. The van der Waals surface area contributed by atoms with Gasteiger partial charge in [0.1, 0.15) is 5.58 Å². The highest BCUT2D eigenvalue weighted by molar-refractivity contribution is 5.96. The minimum atomic E-state index is -0.321. The van der Waals surface area contributed by atoms with Crippen molar-refractivity contribution in [3.63, 3.8) is 0 Å². The van der Waals surface area contributed by atoms with Gasteiger partial charge in [-0.25, -0.2) is 0 Å². The highest BCUT2D eigenvalue weighted by Crippen LogP contribution is 2.40. The number of amides is 2. The van der Waals surface area contributed by atoms with Crippen LogP contribution in [0, 0.1) is 0 Å². The maximum atomic E-state index is 13.2. The Bertz CT molecular complexity index is 794. The Morgan fingerprint density at radius 1 is 1.20 bits per heavy atom. The van der Waals surface area contributed by atoms with E-state index in [0.29, 0.717) is 12.3 Å². The molecule has 25 heavy (non-hydrogen) atoms. The van der Waals surface area contributed by atoms with Gasteiger partial charge in [0.05, 0.1) is 11.6 Å². The van der Waals surface area contributed by atoms with Crippen LogP contribution in [0.4, 0.5) is 0 Å². The first-order valence-electron chi connectivity index (χ1n) is 9.08. The first-order valence-corrected chi connectivity index (χ1v) is 9.08. The van der Waals surface area contributed by atoms with E-state index in [9.17, 15) is 9.59 Å². The monoisotopic (exact) mass is 340 g/mol. The summed E-state index contributed by atoms with van der Waals surface area (Å²) in [5.74, 6) is 0.436. The van der Waals surface area contributed by atoms with Crippen LogP contribution >= 0.6 is 0 Å². The van der Waals surface area contributed by atoms with E-state index < -0.39 is 0 Å². The molecule has 4 rings (SSSR count). The second kappa shape index (κ2) is 5.90. The molecule has 2 amide bonds. The van der Waals surface area contributed by atoms with Crippen LogP contribution in [0.2, 0.25) is 0 Å². The molecule has 132 valence electrons. The van der Waals surface area contributed by atoms with Crippen LogP contribution in [0.15, 0.2) is 34.7 Å². The quantitative estimate of drug-likeness (QED) is 0.799. The minimum Gasteiger partial charge on any atom is -0.451 e. The third kappa shape index (κ3) is 2.53. The van der Waals surface area contributed by atoms with E-state index in [1.165, 1.54) is 0 Å². The highest BCUT2D eigenvalue weighted by atomic mass is 16.3. The third-order valence-electron chi connectivity index (χ3n) is 5.94. The first kappa shape index (κ1) is 16.2. The smallest absolute Gasteiger partial charge is 0.290 e. The lowest BCUT2D eigenvalue weighted by Crippen LogP contribution is -2.68. The van der Waals surface area contributed by atoms with Gasteiger partial charge >= 0.3 is 0 Å². The molecule has 2 aromatic rings. The second-order valence-corrected chi connectivity index (χ2v) is 7.44. The van der Waals surface area contributed by atoms with Crippen molar-refractivity contribution in [2.45, 2.75) is 51.1 Å². The van der Waals surface area contributed by atoms with E-state index >= 15 is 0 Å². The number of rotatable bonds is 1. The number of benzene rings is 1. The largest absolute Gasteiger partial charge is 0.451 e. The van der Waals surface area contributed by atoms with Crippen molar-refractivity contribution < 1.29 is 14.0 Å². The van der Waals surface area contributed by atoms with Gasteiger partial charge in [0.2, 0.25) is 5.91 Å². The summed E-state index contributed by atoms with van der Waals surface area (Å²) in [5.41, 5.74) is 0.414. The van der Waals surface area contributed by atoms with E-state index in [-0.39, 0.29) is 23.4 Å². The molecule has 1 aromatic heterocycles. The summed E-state index contributed by atoms with van der Waals surface area (Å²) < 4.78 is 5.81. The number of nitrogens with zero attached hydrogens (tertiary/aromatic N) is 2. The topological polar surface area (TPSA) is 53.8 Å². The minimum absolute atomic E-state index is 0.0613. The van der Waals surface area contributed by atoms with Gasteiger partial charge in [-0.3, -0.25) is 9.59 Å². The summed E-state index contributed by atoms with van der Waals surface area (Å²) >= 11 is 0. The molecule has 3 heterocycles. The second-order valence-electron chi connectivity index (χ2n) is 7.44. The summed E-state index contributed by atoms with van der Waals surface area (Å²) in [6, 6.07) is 9.61. The van der Waals surface area contributed by atoms with E-state index in [4.69, 9.17) is 4.42 Å². The lowest BCUT2D eigenvalue weighted by Gasteiger charge is -2.56. The van der Waals surface area contributed by atoms with Crippen LogP contribution in [0.5, 0.6) is 0 Å². The molecular weight excluding hydrogens is 316 g/mol. The number of likely N-dealkylation sites (tertiary alicyclic amines) is 2. The summed E-state index contributed by atoms with van der Waals surface area (Å²) in [6.07, 6.45) is 3.72. The number of piperidine rings is 2. The van der Waals surface area contributed by atoms with E-state index in [1.807, 2.05) is 40.1 Å². The van der Waals surface area contributed by atoms with Crippen molar-refractivity contribution in [3.8, 4) is 0 Å². The molecule has 0 N–H and O–H groups in total. The van der Waals surface area contributed by atoms with Crippen LogP contribution in [-0.4, -0.2) is 46.3 Å². The molecule has 2 fully saturated rings. The van der Waals surface area contributed by atoms with Crippen molar-refractivity contribution >= 4 is 22.8 Å². The average molecular weight is 340 g/mol. The maximum Gasteiger partial charge on any atom is 0.290 e. The fraction of sp³-hybridized carbons (Fsp3) is 0.500. The van der Waals surface area contributed by atoms with Gasteiger partial charge in [0, 0.05) is 25.4 Å². The maximum absolute atomic E-state index is 13.2. The molecule has 5 nitrogen and oxygen atoms in total. The molecule has 0 bridgehead atoms. The standard InChI is InChI=1S/C20H24N2O3/c1-14(23)21-11-6-10-20(2)18(21)9-5-12-22(20)19(24)17-13-15-7-3-4-8-16(15)25-17/h3-4,7-8,13,18H,5-6,9-12H2,1-2H3/t18-,20-/m0/s1. The zero-order chi connectivity index (χ0) is 17.6. The molecule has 5 heteroatoms. The molecule has 0 spiro atoms. The van der Waals surface area contributed by atoms with Gasteiger partial charge in [-0.15, -0.1) is 0 Å². The SMILES string of the molecule is CC(=O)N1CCC[C@@]2(C)[C@@H]1CCCN2C(=O)c1cc2ccccc2o1. The Morgan fingerprint density at radius 2 is 2.00 bits per heavy atom. The fourth-order valence-corrected chi connectivity index (χ4v) is 4.68. The molecule has 2 aliphatic rings. The molecule has 2 atom stereocenters. The first-order chi connectivity index (χ1) is 12.0. The van der Waals surface area contributed by atoms with Gasteiger partial charge in [-0.1, -0.05) is 18.2 Å². The zero-order valence-corrected chi connectivity index (χ0v) is 14.8. The third-order valence-corrected chi connectivity index (χ3v) is 5.94. The predicted octanol–water partition coefficient (Wildman–Crippen LogP) is 3.44.